The molecule has 0 atom stereocenters. The van der Waals surface area contributed by atoms with E-state index in [9.17, 15) is 4.39 Å². The second kappa shape index (κ2) is 4.57. The van der Waals surface area contributed by atoms with Crippen molar-refractivity contribution in [1.29, 1.82) is 0 Å². The Hall–Kier alpha value is -2.17. The Morgan fingerprint density at radius 1 is 1.25 bits per heavy atom. The van der Waals surface area contributed by atoms with Gasteiger partial charge in [0, 0.05) is 18.5 Å². The fourth-order valence-corrected chi connectivity index (χ4v) is 1.18. The third-order valence-corrected chi connectivity index (χ3v) is 1.95. The van der Waals surface area contributed by atoms with Crippen molar-refractivity contribution in [3.8, 4) is 5.75 Å². The zero-order chi connectivity index (χ0) is 11.4. The van der Waals surface area contributed by atoms with E-state index in [1.54, 1.807) is 18.5 Å². The number of anilines is 1. The molecule has 0 aliphatic heterocycles. The first-order chi connectivity index (χ1) is 7.75. The number of nitrogens with two attached hydrogens (primary N) is 1. The van der Waals surface area contributed by atoms with Crippen LogP contribution in [0.25, 0.3) is 0 Å². The van der Waals surface area contributed by atoms with Gasteiger partial charge in [0.1, 0.15) is 18.2 Å². The quantitative estimate of drug-likeness (QED) is 0.799. The lowest BCUT2D eigenvalue weighted by Crippen LogP contribution is -2.02. The molecule has 0 aliphatic rings. The first kappa shape index (κ1) is 10.4. The fourth-order valence-electron chi connectivity index (χ4n) is 1.18. The molecule has 16 heavy (non-hydrogen) atoms. The summed E-state index contributed by atoms with van der Waals surface area (Å²) >= 11 is 0. The van der Waals surface area contributed by atoms with E-state index in [2.05, 4.69) is 9.97 Å². The van der Waals surface area contributed by atoms with E-state index in [1.165, 1.54) is 18.2 Å². The van der Waals surface area contributed by atoms with Gasteiger partial charge in [0.25, 0.3) is 0 Å². The predicted octanol–water partition coefficient (Wildman–Crippen LogP) is 1.78. The highest BCUT2D eigenvalue weighted by molar-refractivity contribution is 5.52. The van der Waals surface area contributed by atoms with Gasteiger partial charge in [-0.15, -0.1) is 0 Å². The van der Waals surface area contributed by atoms with E-state index in [1.807, 2.05) is 0 Å². The number of hydrogen-bond acceptors (Lipinski definition) is 4. The second-order valence-corrected chi connectivity index (χ2v) is 3.14. The number of rotatable bonds is 3. The van der Waals surface area contributed by atoms with Crippen molar-refractivity contribution in [2.45, 2.75) is 6.61 Å². The highest BCUT2D eigenvalue weighted by Gasteiger charge is 2.03. The number of nitrogens with zero attached hydrogens (tertiary/aromatic N) is 2. The maximum atomic E-state index is 12.9. The van der Waals surface area contributed by atoms with Gasteiger partial charge in [0.05, 0.1) is 5.69 Å². The maximum Gasteiger partial charge on any atom is 0.166 e. The van der Waals surface area contributed by atoms with Gasteiger partial charge in [0.2, 0.25) is 0 Å². The van der Waals surface area contributed by atoms with Crippen LogP contribution in [0.2, 0.25) is 0 Å². The van der Waals surface area contributed by atoms with Crippen molar-refractivity contribution in [3.05, 3.63) is 48.3 Å². The van der Waals surface area contributed by atoms with Gasteiger partial charge in [-0.2, -0.15) is 0 Å². The average Bonchev–Trinajstić information content (AvgIpc) is 2.32. The molecule has 82 valence electrons. The van der Waals surface area contributed by atoms with Crippen LogP contribution < -0.4 is 10.5 Å². The summed E-state index contributed by atoms with van der Waals surface area (Å²) in [5.41, 5.74) is 6.01. The Morgan fingerprint density at radius 2 is 2.00 bits per heavy atom. The molecule has 2 N–H and O–H groups in total. The van der Waals surface area contributed by atoms with Gasteiger partial charge in [-0.05, 0) is 18.2 Å². The van der Waals surface area contributed by atoms with Crippen LogP contribution in [0.1, 0.15) is 5.82 Å². The zero-order valence-electron chi connectivity index (χ0n) is 8.43. The maximum absolute atomic E-state index is 12.9. The molecule has 1 aromatic carbocycles. The van der Waals surface area contributed by atoms with Crippen molar-refractivity contribution in [2.24, 2.45) is 0 Å². The van der Waals surface area contributed by atoms with E-state index >= 15 is 0 Å². The second-order valence-electron chi connectivity index (χ2n) is 3.14. The zero-order valence-corrected chi connectivity index (χ0v) is 8.43. The molecular weight excluding hydrogens is 209 g/mol. The first-order valence-corrected chi connectivity index (χ1v) is 4.69. The van der Waals surface area contributed by atoms with Gasteiger partial charge in [-0.25, -0.2) is 14.4 Å². The molecule has 5 heteroatoms. The number of nitrogen functional groups attached to an aromatic ring is 1. The van der Waals surface area contributed by atoms with Crippen LogP contribution in [0.4, 0.5) is 10.1 Å². The average molecular weight is 219 g/mol. The summed E-state index contributed by atoms with van der Waals surface area (Å²) in [4.78, 5) is 7.95. The molecule has 2 rings (SSSR count). The summed E-state index contributed by atoms with van der Waals surface area (Å²) in [6.45, 7) is 0.161. The summed E-state index contributed by atoms with van der Waals surface area (Å²) in [5, 5.41) is 0. The van der Waals surface area contributed by atoms with Crippen LogP contribution in [0.5, 0.6) is 5.75 Å². The lowest BCUT2D eigenvalue weighted by atomic mass is 10.3. The molecule has 0 fully saturated rings. The van der Waals surface area contributed by atoms with E-state index < -0.39 is 5.82 Å². The van der Waals surface area contributed by atoms with Crippen LogP contribution in [-0.4, -0.2) is 9.97 Å². The minimum Gasteiger partial charge on any atom is -0.483 e. The van der Waals surface area contributed by atoms with Crippen LogP contribution in [0.15, 0.2) is 36.7 Å². The number of benzene rings is 1. The lowest BCUT2D eigenvalue weighted by molar-refractivity contribution is 0.296. The Labute approximate surface area is 91.9 Å². The standard InChI is InChI=1S/C11H10FN3O/c12-8-2-3-9(13)10(6-8)16-7-11-14-4-1-5-15-11/h1-6H,7,13H2. The van der Waals surface area contributed by atoms with E-state index in [0.717, 1.165) is 0 Å². The largest absolute Gasteiger partial charge is 0.483 e. The Morgan fingerprint density at radius 3 is 2.75 bits per heavy atom. The number of aromatic nitrogens is 2. The predicted molar refractivity (Wildman–Crippen MR) is 57.2 cm³/mol. The molecule has 0 bridgehead atoms. The van der Waals surface area contributed by atoms with E-state index in [-0.39, 0.29) is 6.61 Å². The van der Waals surface area contributed by atoms with Gasteiger partial charge < -0.3 is 10.5 Å². The molecule has 0 spiro atoms. The van der Waals surface area contributed by atoms with Crippen LogP contribution in [0, 0.1) is 5.82 Å². The van der Waals surface area contributed by atoms with Gasteiger partial charge in [-0.1, -0.05) is 0 Å². The summed E-state index contributed by atoms with van der Waals surface area (Å²) in [6, 6.07) is 5.68. The van der Waals surface area contributed by atoms with Crippen molar-refractivity contribution in [2.75, 3.05) is 5.73 Å². The molecule has 4 nitrogen and oxygen atoms in total. The van der Waals surface area contributed by atoms with Crippen molar-refractivity contribution in [1.82, 2.24) is 9.97 Å². The Kier molecular flexibility index (Phi) is 2.95. The fraction of sp³-hybridized carbons (Fsp3) is 0.0909. The molecule has 0 amide bonds. The van der Waals surface area contributed by atoms with E-state index in [0.29, 0.717) is 17.3 Å². The molecule has 1 heterocycles. The summed E-state index contributed by atoms with van der Waals surface area (Å²) < 4.78 is 18.2. The highest BCUT2D eigenvalue weighted by Crippen LogP contribution is 2.22. The topological polar surface area (TPSA) is 61.0 Å². The van der Waals surface area contributed by atoms with Crippen LogP contribution in [0.3, 0.4) is 0 Å². The smallest absolute Gasteiger partial charge is 0.166 e. The molecule has 0 radical (unpaired) electrons. The molecule has 0 saturated heterocycles. The molecule has 1 aromatic heterocycles. The molecular formula is C11H10FN3O. The SMILES string of the molecule is Nc1ccc(F)cc1OCc1ncccn1. The van der Waals surface area contributed by atoms with Crippen molar-refractivity contribution >= 4 is 5.69 Å². The van der Waals surface area contributed by atoms with Gasteiger partial charge in [-0.3, -0.25) is 0 Å². The Balaban J connectivity index is 2.08. The lowest BCUT2D eigenvalue weighted by Gasteiger charge is -2.07. The monoisotopic (exact) mass is 219 g/mol. The number of halogens is 1. The van der Waals surface area contributed by atoms with Crippen molar-refractivity contribution < 1.29 is 9.13 Å². The summed E-state index contributed by atoms with van der Waals surface area (Å²) in [6.07, 6.45) is 3.22. The first-order valence-electron chi connectivity index (χ1n) is 4.69. The molecule has 0 saturated carbocycles. The summed E-state index contributed by atoms with van der Waals surface area (Å²) in [5.74, 6) is 0.428. The van der Waals surface area contributed by atoms with E-state index in [4.69, 9.17) is 10.5 Å². The Bertz CT molecular complexity index is 476. The minimum absolute atomic E-state index is 0.161. The van der Waals surface area contributed by atoms with Gasteiger partial charge in [0.15, 0.2) is 5.82 Å². The van der Waals surface area contributed by atoms with Crippen LogP contribution in [-0.2, 0) is 6.61 Å². The molecule has 2 aromatic rings. The normalized spacial score (nSPS) is 10.1. The third kappa shape index (κ3) is 2.44. The number of ether oxygens (including phenoxy) is 1. The summed E-state index contributed by atoms with van der Waals surface area (Å²) in [7, 11) is 0. The third-order valence-electron chi connectivity index (χ3n) is 1.95. The van der Waals surface area contributed by atoms with Crippen LogP contribution >= 0.6 is 0 Å². The number of hydrogen-bond donors (Lipinski definition) is 1. The highest BCUT2D eigenvalue weighted by atomic mass is 19.1. The minimum atomic E-state index is -0.391. The molecule has 0 unspecified atom stereocenters. The van der Waals surface area contributed by atoms with Gasteiger partial charge >= 0.3 is 0 Å². The molecule has 0 aliphatic carbocycles. The van der Waals surface area contributed by atoms with Crippen molar-refractivity contribution in [3.63, 3.8) is 0 Å².